The highest BCUT2D eigenvalue weighted by molar-refractivity contribution is 7.91. The van der Waals surface area contributed by atoms with Crippen molar-refractivity contribution in [3.8, 4) is 0 Å². The van der Waals surface area contributed by atoms with E-state index >= 15 is 0 Å². The van der Waals surface area contributed by atoms with Crippen molar-refractivity contribution in [2.45, 2.75) is 54.5 Å². The largest absolute Gasteiger partial charge is 0.328 e. The molecule has 1 aliphatic carbocycles. The van der Waals surface area contributed by atoms with Crippen LogP contribution in [0.1, 0.15) is 32.6 Å². The lowest BCUT2D eigenvalue weighted by molar-refractivity contribution is 0.373. The molecule has 0 amide bonds. The van der Waals surface area contributed by atoms with Gasteiger partial charge in [0.25, 0.3) is 0 Å². The molecule has 0 saturated heterocycles. The molecule has 0 unspecified atom stereocenters. The third-order valence-corrected chi connectivity index (χ3v) is 7.20. The predicted octanol–water partition coefficient (Wildman–Crippen LogP) is 1.45. The maximum Gasteiger partial charge on any atom is 0.240 e. The van der Waals surface area contributed by atoms with Gasteiger partial charge in [-0.25, -0.2) is 21.6 Å². The van der Waals surface area contributed by atoms with Crippen LogP contribution in [0.3, 0.4) is 0 Å². The molecule has 9 heteroatoms. The number of sulfone groups is 1. The monoisotopic (exact) mass is 382 g/mol. The van der Waals surface area contributed by atoms with E-state index in [2.05, 4.69) is 4.72 Å². The zero-order valence-corrected chi connectivity index (χ0v) is 15.4. The highest BCUT2D eigenvalue weighted by Crippen LogP contribution is 2.21. The molecule has 0 atom stereocenters. The first-order valence-corrected chi connectivity index (χ1v) is 10.5. The van der Waals surface area contributed by atoms with Crippen LogP contribution in [0.2, 0.25) is 0 Å². The van der Waals surface area contributed by atoms with E-state index in [4.69, 9.17) is 5.73 Å². The van der Waals surface area contributed by atoms with E-state index in [1.54, 1.807) is 0 Å². The van der Waals surface area contributed by atoms with Crippen LogP contribution in [0, 0.1) is 0 Å². The Balaban J connectivity index is 0.00000264. The van der Waals surface area contributed by atoms with Crippen LogP contribution >= 0.6 is 12.4 Å². The summed E-state index contributed by atoms with van der Waals surface area (Å²) >= 11 is 0. The Kier molecular flexibility index (Phi) is 7.03. The molecule has 3 N–H and O–H groups in total. The zero-order valence-electron chi connectivity index (χ0n) is 12.9. The van der Waals surface area contributed by atoms with Gasteiger partial charge in [-0.1, -0.05) is 13.0 Å². The molecular formula is C14H23ClN2O4S2. The first kappa shape index (κ1) is 20.4. The molecule has 0 spiro atoms. The van der Waals surface area contributed by atoms with Crippen molar-refractivity contribution < 1.29 is 16.8 Å². The molecule has 1 aromatic rings. The fraction of sp³-hybridized carbons (Fsp3) is 0.571. The number of sulfonamides is 1. The van der Waals surface area contributed by atoms with Gasteiger partial charge in [0.05, 0.1) is 15.5 Å². The summed E-state index contributed by atoms with van der Waals surface area (Å²) in [6.07, 6.45) is 2.98. The number of hydrogen-bond donors (Lipinski definition) is 2. The Morgan fingerprint density at radius 3 is 2.22 bits per heavy atom. The van der Waals surface area contributed by atoms with Crippen LogP contribution in [0.15, 0.2) is 34.1 Å². The molecule has 1 aromatic carbocycles. The van der Waals surface area contributed by atoms with Crippen LogP contribution in [0.5, 0.6) is 0 Å². The lowest BCUT2D eigenvalue weighted by Gasteiger charge is -2.26. The molecule has 6 nitrogen and oxygen atoms in total. The highest BCUT2D eigenvalue weighted by atomic mass is 35.5. The molecule has 0 radical (unpaired) electrons. The number of rotatable bonds is 5. The average Bonchev–Trinajstić information content (AvgIpc) is 2.49. The maximum absolute atomic E-state index is 12.4. The van der Waals surface area contributed by atoms with Crippen LogP contribution < -0.4 is 10.5 Å². The van der Waals surface area contributed by atoms with Crippen molar-refractivity contribution >= 4 is 32.3 Å². The lowest BCUT2D eigenvalue weighted by atomic mass is 9.93. The molecule has 1 fully saturated rings. The minimum absolute atomic E-state index is 0. The summed E-state index contributed by atoms with van der Waals surface area (Å²) < 4.78 is 51.2. The van der Waals surface area contributed by atoms with E-state index in [1.165, 1.54) is 31.2 Å². The fourth-order valence-electron chi connectivity index (χ4n) is 2.53. The summed E-state index contributed by atoms with van der Waals surface area (Å²) in [5.41, 5.74) is 5.81. The lowest BCUT2D eigenvalue weighted by Crippen LogP contribution is -2.40. The van der Waals surface area contributed by atoms with E-state index in [0.29, 0.717) is 12.8 Å². The summed E-state index contributed by atoms with van der Waals surface area (Å²) in [6, 6.07) is 5.49. The van der Waals surface area contributed by atoms with Crippen LogP contribution in [-0.4, -0.2) is 34.7 Å². The van der Waals surface area contributed by atoms with Crippen LogP contribution in [-0.2, 0) is 19.9 Å². The van der Waals surface area contributed by atoms with Crippen LogP contribution in [0.4, 0.5) is 0 Å². The number of nitrogens with two attached hydrogens (primary N) is 1. The van der Waals surface area contributed by atoms with Crippen molar-refractivity contribution in [1.29, 1.82) is 0 Å². The maximum atomic E-state index is 12.4. The second kappa shape index (κ2) is 7.94. The second-order valence-corrected chi connectivity index (χ2v) is 9.60. The Labute approximate surface area is 144 Å². The van der Waals surface area contributed by atoms with Crippen LogP contribution in [0.25, 0.3) is 0 Å². The van der Waals surface area contributed by atoms with Gasteiger partial charge in [-0.2, -0.15) is 0 Å². The van der Waals surface area contributed by atoms with E-state index in [9.17, 15) is 16.8 Å². The summed E-state index contributed by atoms with van der Waals surface area (Å²) in [6.45, 7) is 1.53. The summed E-state index contributed by atoms with van der Waals surface area (Å²) in [7, 11) is -7.15. The molecule has 23 heavy (non-hydrogen) atoms. The van der Waals surface area contributed by atoms with Crippen molar-refractivity contribution in [3.05, 3.63) is 24.3 Å². The zero-order chi connectivity index (χ0) is 16.4. The Bertz CT molecular complexity index is 727. The van der Waals surface area contributed by atoms with Gasteiger partial charge in [0.1, 0.15) is 0 Å². The molecule has 0 aromatic heterocycles. The average molecular weight is 383 g/mol. The number of hydrogen-bond acceptors (Lipinski definition) is 5. The highest BCUT2D eigenvalue weighted by Gasteiger charge is 2.25. The third-order valence-electron chi connectivity index (χ3n) is 3.95. The first-order valence-electron chi connectivity index (χ1n) is 7.35. The molecular weight excluding hydrogens is 360 g/mol. The first-order chi connectivity index (χ1) is 10.2. The molecule has 2 rings (SSSR count). The molecule has 0 aliphatic heterocycles. The van der Waals surface area contributed by atoms with Gasteiger partial charge >= 0.3 is 0 Å². The Hall–Kier alpha value is -0.670. The smallest absolute Gasteiger partial charge is 0.240 e. The van der Waals surface area contributed by atoms with Gasteiger partial charge in [0, 0.05) is 12.1 Å². The predicted molar refractivity (Wildman–Crippen MR) is 92.0 cm³/mol. The molecule has 132 valence electrons. The number of nitrogens with one attached hydrogen (secondary N) is 1. The molecule has 1 aliphatic rings. The topological polar surface area (TPSA) is 106 Å². The number of benzene rings is 1. The van der Waals surface area contributed by atoms with E-state index in [-0.39, 0.29) is 40.0 Å². The molecule has 0 bridgehead atoms. The van der Waals surface area contributed by atoms with Crippen molar-refractivity contribution in [2.24, 2.45) is 5.73 Å². The molecule has 1 saturated carbocycles. The van der Waals surface area contributed by atoms with Gasteiger partial charge in [0.2, 0.25) is 10.0 Å². The van der Waals surface area contributed by atoms with Gasteiger partial charge in [0.15, 0.2) is 9.84 Å². The minimum atomic E-state index is -3.72. The van der Waals surface area contributed by atoms with Crippen molar-refractivity contribution in [1.82, 2.24) is 4.72 Å². The van der Waals surface area contributed by atoms with Gasteiger partial charge in [-0.05, 0) is 43.9 Å². The summed E-state index contributed by atoms with van der Waals surface area (Å²) in [5, 5.41) is 0. The summed E-state index contributed by atoms with van der Waals surface area (Å²) in [5.74, 6) is -0.0650. The van der Waals surface area contributed by atoms with Crippen molar-refractivity contribution in [3.63, 3.8) is 0 Å². The minimum Gasteiger partial charge on any atom is -0.328 e. The standard InChI is InChI=1S/C14H22N2O4S2.ClH/c1-2-21(17,18)13-4-3-5-14(10-13)22(19,20)16-12-8-6-11(15)7-9-12;/h3-5,10-12,16H,2,6-9,15H2,1H3;1H. The fourth-order valence-corrected chi connectivity index (χ4v) is 4.88. The Morgan fingerprint density at radius 1 is 1.09 bits per heavy atom. The van der Waals surface area contributed by atoms with E-state index in [0.717, 1.165) is 12.8 Å². The quantitative estimate of drug-likeness (QED) is 0.801. The van der Waals surface area contributed by atoms with Gasteiger partial charge < -0.3 is 5.73 Å². The van der Waals surface area contributed by atoms with Gasteiger partial charge in [-0.3, -0.25) is 0 Å². The van der Waals surface area contributed by atoms with Crippen molar-refractivity contribution in [2.75, 3.05) is 5.75 Å². The number of halogens is 1. The normalized spacial score (nSPS) is 22.3. The SMILES string of the molecule is CCS(=O)(=O)c1cccc(S(=O)(=O)NC2CCC(N)CC2)c1.Cl. The second-order valence-electron chi connectivity index (χ2n) is 5.61. The van der Waals surface area contributed by atoms with E-state index < -0.39 is 19.9 Å². The third kappa shape index (κ3) is 5.15. The Morgan fingerprint density at radius 2 is 1.65 bits per heavy atom. The molecule has 0 heterocycles. The van der Waals surface area contributed by atoms with Gasteiger partial charge in [-0.15, -0.1) is 12.4 Å². The summed E-state index contributed by atoms with van der Waals surface area (Å²) in [4.78, 5) is 0.0143. The van der Waals surface area contributed by atoms with E-state index in [1.807, 2.05) is 0 Å².